The Morgan fingerprint density at radius 1 is 0.947 bits per heavy atom. The van der Waals surface area contributed by atoms with E-state index in [2.05, 4.69) is 13.2 Å². The van der Waals surface area contributed by atoms with E-state index in [9.17, 15) is 18.0 Å². The first kappa shape index (κ1) is 20.1. The molecule has 0 saturated heterocycles. The molecule has 7 nitrogen and oxygen atoms in total. The predicted octanol–water partition coefficient (Wildman–Crippen LogP) is 0.483. The summed E-state index contributed by atoms with van der Waals surface area (Å²) in [5.41, 5.74) is -1.07. The van der Waals surface area contributed by atoms with Gasteiger partial charge in [0.05, 0.1) is 16.0 Å². The molecule has 0 bridgehead atoms. The van der Waals surface area contributed by atoms with Gasteiger partial charge < -0.3 is 10.2 Å². The molecule has 0 spiro atoms. The van der Waals surface area contributed by atoms with Crippen LogP contribution in [-0.4, -0.2) is 64.7 Å². The van der Waals surface area contributed by atoms with Gasteiger partial charge in [-0.15, -0.1) is 13.2 Å². The third-order valence-corrected chi connectivity index (χ3v) is 2.53. The van der Waals surface area contributed by atoms with Crippen molar-refractivity contribution in [2.45, 2.75) is 4.90 Å². The van der Waals surface area contributed by atoms with Gasteiger partial charge in [-0.05, 0) is 18.2 Å². The first-order chi connectivity index (χ1) is 8.21. The quantitative estimate of drug-likeness (QED) is 0.420. The molecule has 0 radical (unpaired) electrons. The topological polar surface area (TPSA) is 129 Å². The minimum absolute atomic E-state index is 0. The van der Waals surface area contributed by atoms with Crippen LogP contribution in [0.4, 0.5) is 0 Å². The van der Waals surface area contributed by atoms with E-state index in [-0.39, 0.29) is 29.6 Å². The summed E-state index contributed by atoms with van der Waals surface area (Å²) in [6, 6.07) is 2.13. The monoisotopic (exact) mass is 298 g/mol. The van der Waals surface area contributed by atoms with Gasteiger partial charge in [0, 0.05) is 0 Å². The molecular formula is C10H11NaO7S. The van der Waals surface area contributed by atoms with Crippen LogP contribution in [0.3, 0.4) is 0 Å². The average Bonchev–Trinajstić information content (AvgIpc) is 2.29. The molecule has 0 aromatic heterocycles. The van der Waals surface area contributed by atoms with E-state index in [1.807, 2.05) is 0 Å². The summed E-state index contributed by atoms with van der Waals surface area (Å²) in [4.78, 5) is 20.4. The van der Waals surface area contributed by atoms with E-state index in [4.69, 9.17) is 14.8 Å². The molecular weight excluding hydrogens is 287 g/mol. The molecule has 19 heavy (non-hydrogen) atoms. The molecule has 1 aromatic carbocycles. The molecule has 3 N–H and O–H groups in total. The Hall–Kier alpha value is -1.19. The Labute approximate surface area is 131 Å². The number of rotatable bonds is 3. The third-order valence-electron chi connectivity index (χ3n) is 1.70. The van der Waals surface area contributed by atoms with E-state index in [1.54, 1.807) is 0 Å². The van der Waals surface area contributed by atoms with Crippen LogP contribution in [0, 0.1) is 0 Å². The second-order valence-corrected chi connectivity index (χ2v) is 4.25. The SMILES string of the molecule is C=C.O=C(O)c1cc(C(=O)O)cc(S(=O)(=O)O)c1.[NaH]. The van der Waals surface area contributed by atoms with E-state index in [0.29, 0.717) is 12.1 Å². The molecule has 1 aromatic rings. The maximum absolute atomic E-state index is 10.8. The zero-order valence-electron chi connectivity index (χ0n) is 9.03. The fourth-order valence-corrected chi connectivity index (χ4v) is 1.55. The zero-order valence-corrected chi connectivity index (χ0v) is 9.85. The summed E-state index contributed by atoms with van der Waals surface area (Å²) in [7, 11) is -4.64. The molecule has 0 saturated carbocycles. The van der Waals surface area contributed by atoms with Gasteiger partial charge in [-0.1, -0.05) is 0 Å². The van der Waals surface area contributed by atoms with Gasteiger partial charge in [0.1, 0.15) is 0 Å². The van der Waals surface area contributed by atoms with Crippen molar-refractivity contribution in [1.82, 2.24) is 0 Å². The first-order valence-electron chi connectivity index (χ1n) is 4.31. The fourth-order valence-electron chi connectivity index (χ4n) is 0.995. The summed E-state index contributed by atoms with van der Waals surface area (Å²) in [6.45, 7) is 6.00. The molecule has 0 atom stereocenters. The van der Waals surface area contributed by atoms with Crippen LogP contribution in [0.25, 0.3) is 0 Å². The van der Waals surface area contributed by atoms with Gasteiger partial charge in [-0.3, -0.25) is 4.55 Å². The summed E-state index contributed by atoms with van der Waals surface area (Å²) in [6.07, 6.45) is 0. The van der Waals surface area contributed by atoms with Crippen LogP contribution >= 0.6 is 0 Å². The van der Waals surface area contributed by atoms with Crippen LogP contribution in [0.1, 0.15) is 20.7 Å². The first-order valence-corrected chi connectivity index (χ1v) is 5.75. The fraction of sp³-hybridized carbons (Fsp3) is 0. The van der Waals surface area contributed by atoms with Crippen molar-refractivity contribution in [1.29, 1.82) is 0 Å². The van der Waals surface area contributed by atoms with Crippen LogP contribution in [0.5, 0.6) is 0 Å². The van der Waals surface area contributed by atoms with Crippen molar-refractivity contribution in [2.75, 3.05) is 0 Å². The molecule has 0 heterocycles. The number of carboxylic acids is 2. The second-order valence-electron chi connectivity index (χ2n) is 2.83. The molecule has 1 rings (SSSR count). The Morgan fingerprint density at radius 3 is 1.47 bits per heavy atom. The van der Waals surface area contributed by atoms with Gasteiger partial charge >= 0.3 is 41.5 Å². The molecule has 0 fully saturated rings. The Kier molecular flexibility index (Phi) is 8.56. The Balaban J connectivity index is 0. The van der Waals surface area contributed by atoms with Crippen LogP contribution in [0.15, 0.2) is 36.3 Å². The maximum atomic E-state index is 10.8. The van der Waals surface area contributed by atoms with Gasteiger partial charge in [0.25, 0.3) is 10.1 Å². The standard InChI is InChI=1S/C8H6O7S.C2H4.Na.H/c9-7(10)4-1-5(8(11)12)3-6(2-4)16(13,14)15;1-2;;/h1-3H,(H,9,10)(H,11,12)(H,13,14,15);1-2H2;;. The zero-order chi connectivity index (χ0) is 14.5. The van der Waals surface area contributed by atoms with Gasteiger partial charge in [-0.25, -0.2) is 9.59 Å². The van der Waals surface area contributed by atoms with Crippen molar-refractivity contribution in [3.8, 4) is 0 Å². The third kappa shape index (κ3) is 5.99. The molecule has 0 aliphatic rings. The molecule has 0 amide bonds. The van der Waals surface area contributed by atoms with Gasteiger partial charge in [0.2, 0.25) is 0 Å². The van der Waals surface area contributed by atoms with Crippen molar-refractivity contribution in [3.05, 3.63) is 42.5 Å². The van der Waals surface area contributed by atoms with E-state index < -0.39 is 38.1 Å². The predicted molar refractivity (Wildman–Crippen MR) is 68.6 cm³/mol. The van der Waals surface area contributed by atoms with Crippen molar-refractivity contribution in [3.63, 3.8) is 0 Å². The van der Waals surface area contributed by atoms with Crippen LogP contribution in [-0.2, 0) is 10.1 Å². The Bertz CT molecular complexity index is 547. The van der Waals surface area contributed by atoms with Crippen molar-refractivity contribution < 1.29 is 32.8 Å². The van der Waals surface area contributed by atoms with Crippen LogP contribution < -0.4 is 0 Å². The number of hydrogen-bond donors (Lipinski definition) is 3. The summed E-state index contributed by atoms with van der Waals surface area (Å²) >= 11 is 0. The number of carboxylic acid groups (broad SMARTS) is 2. The number of hydrogen-bond acceptors (Lipinski definition) is 4. The molecule has 0 unspecified atom stereocenters. The normalized spacial score (nSPS) is 9.53. The summed E-state index contributed by atoms with van der Waals surface area (Å²) < 4.78 is 30.2. The van der Waals surface area contributed by atoms with E-state index >= 15 is 0 Å². The number of aromatic carboxylic acids is 2. The average molecular weight is 298 g/mol. The van der Waals surface area contributed by atoms with Crippen molar-refractivity contribution in [2.24, 2.45) is 0 Å². The van der Waals surface area contributed by atoms with E-state index in [0.717, 1.165) is 6.07 Å². The second kappa shape index (κ2) is 8.08. The van der Waals surface area contributed by atoms with Crippen molar-refractivity contribution >= 4 is 51.6 Å². The van der Waals surface area contributed by atoms with Gasteiger partial charge in [-0.2, -0.15) is 8.42 Å². The van der Waals surface area contributed by atoms with Crippen LogP contribution in [0.2, 0.25) is 0 Å². The molecule has 0 aliphatic carbocycles. The van der Waals surface area contributed by atoms with Gasteiger partial charge in [0.15, 0.2) is 0 Å². The molecule has 9 heteroatoms. The Morgan fingerprint density at radius 2 is 1.26 bits per heavy atom. The molecule has 0 aliphatic heterocycles. The number of benzene rings is 1. The molecule has 100 valence electrons. The number of carbonyl (C=O) groups is 2. The minimum atomic E-state index is -4.64. The summed E-state index contributed by atoms with van der Waals surface area (Å²) in [5, 5.41) is 17.2. The summed E-state index contributed by atoms with van der Waals surface area (Å²) in [5.74, 6) is -2.99. The van der Waals surface area contributed by atoms with E-state index in [1.165, 1.54) is 0 Å².